The van der Waals surface area contributed by atoms with Crippen LogP contribution in [0.1, 0.15) is 17.0 Å². The van der Waals surface area contributed by atoms with E-state index in [0.717, 1.165) is 0 Å². The predicted molar refractivity (Wildman–Crippen MR) is 110 cm³/mol. The summed E-state index contributed by atoms with van der Waals surface area (Å²) in [5.74, 6) is 0.685. The lowest BCUT2D eigenvalue weighted by molar-refractivity contribution is 0.323. The highest BCUT2D eigenvalue weighted by atomic mass is 16.5. The Morgan fingerprint density at radius 3 is 2.37 bits per heavy atom. The van der Waals surface area contributed by atoms with E-state index < -0.39 is 5.92 Å². The minimum atomic E-state index is -0.777. The van der Waals surface area contributed by atoms with Crippen molar-refractivity contribution in [2.45, 2.75) is 5.92 Å². The Bertz CT molecular complexity index is 1260. The average Bonchev–Trinajstić information content (AvgIpc) is 2.77. The zero-order valence-corrected chi connectivity index (χ0v) is 16.6. The normalized spacial score (nSPS) is 15.2. The van der Waals surface area contributed by atoms with Crippen molar-refractivity contribution in [1.29, 1.82) is 5.26 Å². The summed E-state index contributed by atoms with van der Waals surface area (Å²) >= 11 is 0. The van der Waals surface area contributed by atoms with Gasteiger partial charge in [0.25, 0.3) is 5.56 Å². The monoisotopic (exact) mass is 405 g/mol. The summed E-state index contributed by atoms with van der Waals surface area (Å²) < 4.78 is 22.0. The first-order valence-electron chi connectivity index (χ1n) is 9.06. The third-order valence-electron chi connectivity index (χ3n) is 5.10. The standard InChI is InChI=1S/C22H19N3O5/c1-27-15-8-11(9-16(28-2)20(15)29-3)17-13(10-23)21(24)30-19-12-6-4-5-7-14(12)25-22(26)18(17)19/h4-9,17H,24H2,1-3H3,(H,25,26)/t17-/m1/s1. The molecule has 0 bridgehead atoms. The summed E-state index contributed by atoms with van der Waals surface area (Å²) in [6.07, 6.45) is 0. The number of H-pyrrole nitrogens is 1. The number of benzene rings is 2. The first kappa shape index (κ1) is 19.2. The number of ether oxygens (including phenoxy) is 4. The summed E-state index contributed by atoms with van der Waals surface area (Å²) in [5.41, 5.74) is 7.33. The summed E-state index contributed by atoms with van der Waals surface area (Å²) in [7, 11) is 4.49. The Morgan fingerprint density at radius 1 is 1.10 bits per heavy atom. The molecule has 0 unspecified atom stereocenters. The zero-order chi connectivity index (χ0) is 21.4. The van der Waals surface area contributed by atoms with E-state index in [-0.39, 0.29) is 22.6 Å². The molecule has 152 valence electrons. The molecule has 2 heterocycles. The molecule has 0 fully saturated rings. The third kappa shape index (κ3) is 2.79. The Kier molecular flexibility index (Phi) is 4.72. The second-order valence-corrected chi connectivity index (χ2v) is 6.63. The fourth-order valence-electron chi connectivity index (χ4n) is 3.77. The van der Waals surface area contributed by atoms with Crippen LogP contribution < -0.4 is 30.2 Å². The SMILES string of the molecule is COc1cc([C@@H]2C(C#N)=C(N)Oc3c2c(=O)[nH]c2ccccc32)cc(OC)c1OC. The minimum Gasteiger partial charge on any atom is -0.493 e. The van der Waals surface area contributed by atoms with Gasteiger partial charge in [-0.25, -0.2) is 0 Å². The molecule has 4 rings (SSSR count). The predicted octanol–water partition coefficient (Wildman–Crippen LogP) is 2.77. The van der Waals surface area contributed by atoms with Crippen molar-refractivity contribution in [3.8, 4) is 29.1 Å². The molecule has 0 aliphatic carbocycles. The second-order valence-electron chi connectivity index (χ2n) is 6.63. The van der Waals surface area contributed by atoms with Crippen LogP contribution in [-0.4, -0.2) is 26.3 Å². The fourth-order valence-corrected chi connectivity index (χ4v) is 3.77. The van der Waals surface area contributed by atoms with Crippen LogP contribution in [0, 0.1) is 11.3 Å². The number of aromatic nitrogens is 1. The Morgan fingerprint density at radius 2 is 1.77 bits per heavy atom. The van der Waals surface area contributed by atoms with Gasteiger partial charge in [0.1, 0.15) is 17.4 Å². The molecule has 0 radical (unpaired) electrons. The molecule has 1 atom stereocenters. The fraction of sp³-hybridized carbons (Fsp3) is 0.182. The first-order valence-corrected chi connectivity index (χ1v) is 9.06. The van der Waals surface area contributed by atoms with Crippen molar-refractivity contribution in [2.75, 3.05) is 21.3 Å². The van der Waals surface area contributed by atoms with E-state index in [0.29, 0.717) is 39.5 Å². The molecule has 1 aliphatic heterocycles. The topological polar surface area (TPSA) is 120 Å². The van der Waals surface area contributed by atoms with Gasteiger partial charge in [-0.3, -0.25) is 4.79 Å². The number of hydrogen-bond donors (Lipinski definition) is 2. The summed E-state index contributed by atoms with van der Waals surface area (Å²) in [5, 5.41) is 10.5. The van der Waals surface area contributed by atoms with Crippen LogP contribution in [0.25, 0.3) is 10.9 Å². The Labute approximate surface area is 172 Å². The van der Waals surface area contributed by atoms with Gasteiger partial charge in [0.05, 0.1) is 38.3 Å². The molecular weight excluding hydrogens is 386 g/mol. The molecule has 8 heteroatoms. The molecule has 3 aromatic rings. The van der Waals surface area contributed by atoms with Gasteiger partial charge < -0.3 is 29.7 Å². The number of nitrogens with zero attached hydrogens (tertiary/aromatic N) is 1. The van der Waals surface area contributed by atoms with Gasteiger partial charge in [-0.15, -0.1) is 0 Å². The van der Waals surface area contributed by atoms with Crippen molar-refractivity contribution in [2.24, 2.45) is 5.73 Å². The summed E-state index contributed by atoms with van der Waals surface area (Å²) in [6.45, 7) is 0. The van der Waals surface area contributed by atoms with Gasteiger partial charge in [0.2, 0.25) is 11.6 Å². The van der Waals surface area contributed by atoms with Crippen LogP contribution in [0.5, 0.6) is 23.0 Å². The molecule has 1 aliphatic rings. The lowest BCUT2D eigenvalue weighted by Gasteiger charge is -2.27. The second kappa shape index (κ2) is 7.37. The maximum absolute atomic E-state index is 13.1. The summed E-state index contributed by atoms with van der Waals surface area (Å²) in [6, 6.07) is 12.7. The zero-order valence-electron chi connectivity index (χ0n) is 16.6. The summed E-state index contributed by atoms with van der Waals surface area (Å²) in [4.78, 5) is 15.9. The number of fused-ring (bicyclic) bond motifs is 3. The molecule has 1 aromatic heterocycles. The van der Waals surface area contributed by atoms with Crippen molar-refractivity contribution < 1.29 is 18.9 Å². The van der Waals surface area contributed by atoms with Gasteiger partial charge in [-0.05, 0) is 29.8 Å². The van der Waals surface area contributed by atoms with E-state index in [1.807, 2.05) is 18.2 Å². The van der Waals surface area contributed by atoms with Crippen LogP contribution in [0.4, 0.5) is 0 Å². The van der Waals surface area contributed by atoms with Gasteiger partial charge in [-0.2, -0.15) is 5.26 Å². The molecular formula is C22H19N3O5. The molecule has 0 spiro atoms. The maximum atomic E-state index is 13.1. The molecule has 3 N–H and O–H groups in total. The van der Waals surface area contributed by atoms with Crippen molar-refractivity contribution in [3.05, 3.63) is 69.3 Å². The number of methoxy groups -OCH3 is 3. The number of nitrogens with one attached hydrogen (secondary N) is 1. The van der Waals surface area contributed by atoms with E-state index in [4.69, 9.17) is 24.7 Å². The molecule has 8 nitrogen and oxygen atoms in total. The quantitative estimate of drug-likeness (QED) is 0.685. The van der Waals surface area contributed by atoms with Gasteiger partial charge in [0, 0.05) is 5.39 Å². The van der Waals surface area contributed by atoms with Crippen LogP contribution in [0.3, 0.4) is 0 Å². The lowest BCUT2D eigenvalue weighted by atomic mass is 9.83. The van der Waals surface area contributed by atoms with Crippen molar-refractivity contribution >= 4 is 10.9 Å². The molecule has 2 aromatic carbocycles. The number of pyridine rings is 1. The molecule has 0 saturated heterocycles. The molecule has 0 amide bonds. The molecule has 30 heavy (non-hydrogen) atoms. The van der Waals surface area contributed by atoms with E-state index in [1.165, 1.54) is 21.3 Å². The van der Waals surface area contributed by atoms with Gasteiger partial charge >= 0.3 is 0 Å². The number of para-hydroxylation sites is 1. The highest BCUT2D eigenvalue weighted by molar-refractivity contribution is 5.87. The van der Waals surface area contributed by atoms with Gasteiger partial charge in [0.15, 0.2) is 11.5 Å². The highest BCUT2D eigenvalue weighted by Gasteiger charge is 2.35. The van der Waals surface area contributed by atoms with E-state index in [2.05, 4.69) is 11.1 Å². The number of nitriles is 1. The van der Waals surface area contributed by atoms with E-state index >= 15 is 0 Å². The average molecular weight is 405 g/mol. The molecule has 0 saturated carbocycles. The van der Waals surface area contributed by atoms with E-state index in [9.17, 15) is 10.1 Å². The van der Waals surface area contributed by atoms with E-state index in [1.54, 1.807) is 18.2 Å². The smallest absolute Gasteiger partial charge is 0.256 e. The number of nitrogens with two attached hydrogens (primary N) is 1. The maximum Gasteiger partial charge on any atom is 0.256 e. The van der Waals surface area contributed by atoms with Gasteiger partial charge in [-0.1, -0.05) is 12.1 Å². The Balaban J connectivity index is 2.07. The van der Waals surface area contributed by atoms with Crippen LogP contribution in [0.2, 0.25) is 0 Å². The number of rotatable bonds is 4. The van der Waals surface area contributed by atoms with Crippen LogP contribution >= 0.6 is 0 Å². The minimum absolute atomic E-state index is 0.0560. The number of hydrogen-bond acceptors (Lipinski definition) is 7. The third-order valence-corrected chi connectivity index (χ3v) is 5.10. The Hall–Kier alpha value is -4.12. The van der Waals surface area contributed by atoms with Crippen molar-refractivity contribution in [1.82, 2.24) is 4.98 Å². The van der Waals surface area contributed by atoms with Crippen LogP contribution in [0.15, 0.2) is 52.6 Å². The van der Waals surface area contributed by atoms with Crippen molar-refractivity contribution in [3.63, 3.8) is 0 Å². The first-order chi connectivity index (χ1) is 14.5. The number of allylic oxidation sites excluding steroid dienone is 1. The lowest BCUT2D eigenvalue weighted by Crippen LogP contribution is -2.28. The number of aromatic amines is 1. The van der Waals surface area contributed by atoms with Crippen LogP contribution in [-0.2, 0) is 0 Å². The highest BCUT2D eigenvalue weighted by Crippen LogP contribution is 2.47. The largest absolute Gasteiger partial charge is 0.493 e.